The number of hydrogen-bond acceptors (Lipinski definition) is 5. The minimum absolute atomic E-state index is 0.128. The molecule has 0 aromatic carbocycles. The van der Waals surface area contributed by atoms with Gasteiger partial charge in [0.1, 0.15) is 12.0 Å². The van der Waals surface area contributed by atoms with Crippen LogP contribution in [0.25, 0.3) is 11.5 Å². The SMILES string of the molecule is COc1ccc(-c2nc(C(C)=O)co2)cn1. The van der Waals surface area contributed by atoms with Gasteiger partial charge in [-0.2, -0.15) is 0 Å². The third-order valence-electron chi connectivity index (χ3n) is 2.06. The number of oxazole rings is 1. The Bertz CT molecular complexity index is 502. The Balaban J connectivity index is 2.31. The van der Waals surface area contributed by atoms with Gasteiger partial charge >= 0.3 is 0 Å². The molecule has 2 rings (SSSR count). The molecular weight excluding hydrogens is 208 g/mol. The molecule has 0 aliphatic carbocycles. The monoisotopic (exact) mass is 218 g/mol. The predicted octanol–water partition coefficient (Wildman–Crippen LogP) is 1.95. The van der Waals surface area contributed by atoms with Crippen molar-refractivity contribution in [3.63, 3.8) is 0 Å². The van der Waals surface area contributed by atoms with Gasteiger partial charge in [-0.15, -0.1) is 0 Å². The maximum atomic E-state index is 11.0. The lowest BCUT2D eigenvalue weighted by atomic mass is 10.3. The first-order valence-electron chi connectivity index (χ1n) is 4.67. The summed E-state index contributed by atoms with van der Waals surface area (Å²) in [6, 6.07) is 3.47. The fraction of sp³-hybridized carbons (Fsp3) is 0.182. The topological polar surface area (TPSA) is 65.2 Å². The summed E-state index contributed by atoms with van der Waals surface area (Å²) >= 11 is 0. The molecule has 0 N–H and O–H groups in total. The molecule has 0 amide bonds. The zero-order chi connectivity index (χ0) is 11.5. The van der Waals surface area contributed by atoms with Crippen LogP contribution in [0.3, 0.4) is 0 Å². The maximum Gasteiger partial charge on any atom is 0.228 e. The van der Waals surface area contributed by atoms with Crippen LogP contribution in [0.4, 0.5) is 0 Å². The highest BCUT2D eigenvalue weighted by Gasteiger charge is 2.09. The van der Waals surface area contributed by atoms with Crippen molar-refractivity contribution in [1.82, 2.24) is 9.97 Å². The number of nitrogens with zero attached hydrogens (tertiary/aromatic N) is 2. The van der Waals surface area contributed by atoms with E-state index in [4.69, 9.17) is 9.15 Å². The molecule has 0 aliphatic rings. The Kier molecular flexibility index (Phi) is 2.68. The number of carbonyl (C=O) groups excluding carboxylic acids is 1. The first-order valence-corrected chi connectivity index (χ1v) is 4.67. The minimum atomic E-state index is -0.128. The number of rotatable bonds is 3. The highest BCUT2D eigenvalue weighted by atomic mass is 16.5. The van der Waals surface area contributed by atoms with Gasteiger partial charge in [0, 0.05) is 19.2 Å². The second-order valence-corrected chi connectivity index (χ2v) is 3.18. The van der Waals surface area contributed by atoms with Gasteiger partial charge in [0.2, 0.25) is 11.8 Å². The molecule has 0 saturated heterocycles. The van der Waals surface area contributed by atoms with Crippen LogP contribution >= 0.6 is 0 Å². The van der Waals surface area contributed by atoms with E-state index in [2.05, 4.69) is 9.97 Å². The lowest BCUT2D eigenvalue weighted by Gasteiger charge is -1.98. The summed E-state index contributed by atoms with van der Waals surface area (Å²) in [5.74, 6) is 0.763. The van der Waals surface area contributed by atoms with Gasteiger partial charge in [0.05, 0.1) is 12.7 Å². The summed E-state index contributed by atoms with van der Waals surface area (Å²) in [5.41, 5.74) is 1.01. The van der Waals surface area contributed by atoms with Crippen molar-refractivity contribution in [3.8, 4) is 17.3 Å². The largest absolute Gasteiger partial charge is 0.481 e. The van der Waals surface area contributed by atoms with E-state index in [0.717, 1.165) is 0 Å². The number of ether oxygens (including phenoxy) is 1. The molecule has 5 nitrogen and oxygen atoms in total. The molecule has 0 aliphatic heterocycles. The minimum Gasteiger partial charge on any atom is -0.481 e. The van der Waals surface area contributed by atoms with Gasteiger partial charge in [-0.3, -0.25) is 4.79 Å². The first-order chi connectivity index (χ1) is 7.70. The molecule has 0 bridgehead atoms. The fourth-order valence-electron chi connectivity index (χ4n) is 1.20. The number of pyridine rings is 1. The summed E-state index contributed by atoms with van der Waals surface area (Å²) in [4.78, 5) is 19.1. The van der Waals surface area contributed by atoms with E-state index in [1.54, 1.807) is 25.4 Å². The Morgan fingerprint density at radius 2 is 2.25 bits per heavy atom. The molecule has 0 unspecified atom stereocenters. The summed E-state index contributed by atoms with van der Waals surface area (Å²) in [5, 5.41) is 0. The van der Waals surface area contributed by atoms with Crippen molar-refractivity contribution in [2.45, 2.75) is 6.92 Å². The number of methoxy groups -OCH3 is 1. The van der Waals surface area contributed by atoms with Gasteiger partial charge in [-0.1, -0.05) is 0 Å². The average molecular weight is 218 g/mol. The van der Waals surface area contributed by atoms with E-state index in [0.29, 0.717) is 23.0 Å². The van der Waals surface area contributed by atoms with Crippen LogP contribution in [0.2, 0.25) is 0 Å². The third-order valence-corrected chi connectivity index (χ3v) is 2.06. The highest BCUT2D eigenvalue weighted by Crippen LogP contribution is 2.19. The van der Waals surface area contributed by atoms with E-state index in [9.17, 15) is 4.79 Å². The van der Waals surface area contributed by atoms with Crippen molar-refractivity contribution < 1.29 is 13.9 Å². The van der Waals surface area contributed by atoms with E-state index >= 15 is 0 Å². The quantitative estimate of drug-likeness (QED) is 0.736. The zero-order valence-electron chi connectivity index (χ0n) is 8.93. The number of aromatic nitrogens is 2. The van der Waals surface area contributed by atoms with E-state index in [-0.39, 0.29) is 5.78 Å². The van der Waals surface area contributed by atoms with E-state index in [1.165, 1.54) is 13.2 Å². The normalized spacial score (nSPS) is 10.1. The first kappa shape index (κ1) is 10.4. The second kappa shape index (κ2) is 4.14. The molecule has 2 heterocycles. The van der Waals surface area contributed by atoms with E-state index in [1.807, 2.05) is 0 Å². The second-order valence-electron chi connectivity index (χ2n) is 3.18. The van der Waals surface area contributed by atoms with Gasteiger partial charge in [-0.05, 0) is 6.07 Å². The molecular formula is C11H10N2O3. The van der Waals surface area contributed by atoms with Gasteiger partial charge in [0.15, 0.2) is 5.78 Å². The van der Waals surface area contributed by atoms with Gasteiger partial charge in [0.25, 0.3) is 0 Å². The highest BCUT2D eigenvalue weighted by molar-refractivity contribution is 5.92. The van der Waals surface area contributed by atoms with Crippen LogP contribution in [-0.2, 0) is 0 Å². The lowest BCUT2D eigenvalue weighted by Crippen LogP contribution is -1.91. The molecule has 5 heteroatoms. The molecule has 2 aromatic heterocycles. The molecule has 82 valence electrons. The number of ketones is 1. The van der Waals surface area contributed by atoms with Crippen molar-refractivity contribution in [3.05, 3.63) is 30.3 Å². The predicted molar refractivity (Wildman–Crippen MR) is 56.3 cm³/mol. The smallest absolute Gasteiger partial charge is 0.228 e. The Morgan fingerprint density at radius 3 is 2.75 bits per heavy atom. The molecule has 0 radical (unpaired) electrons. The lowest BCUT2D eigenvalue weighted by molar-refractivity contribution is 0.101. The van der Waals surface area contributed by atoms with Crippen LogP contribution in [0.5, 0.6) is 5.88 Å². The van der Waals surface area contributed by atoms with Crippen LogP contribution < -0.4 is 4.74 Å². The van der Waals surface area contributed by atoms with E-state index < -0.39 is 0 Å². The average Bonchev–Trinajstić information content (AvgIpc) is 2.78. The fourth-order valence-corrected chi connectivity index (χ4v) is 1.20. The summed E-state index contributed by atoms with van der Waals surface area (Å²) in [6.07, 6.45) is 2.91. The zero-order valence-corrected chi connectivity index (χ0v) is 8.93. The third kappa shape index (κ3) is 1.93. The molecule has 0 fully saturated rings. The standard InChI is InChI=1S/C11H10N2O3/c1-7(14)9-6-16-11(13-9)8-3-4-10(15-2)12-5-8/h3-6H,1-2H3. The Hall–Kier alpha value is -2.17. The van der Waals surface area contributed by atoms with Crippen molar-refractivity contribution in [2.75, 3.05) is 7.11 Å². The molecule has 16 heavy (non-hydrogen) atoms. The van der Waals surface area contributed by atoms with Crippen LogP contribution in [0.1, 0.15) is 17.4 Å². The Labute approximate surface area is 92.1 Å². The molecule has 0 spiro atoms. The number of hydrogen-bond donors (Lipinski definition) is 0. The van der Waals surface area contributed by atoms with Gasteiger partial charge < -0.3 is 9.15 Å². The number of carbonyl (C=O) groups is 1. The summed E-state index contributed by atoms with van der Waals surface area (Å²) < 4.78 is 10.1. The maximum absolute atomic E-state index is 11.0. The summed E-state index contributed by atoms with van der Waals surface area (Å²) in [6.45, 7) is 1.44. The molecule has 2 aromatic rings. The van der Waals surface area contributed by atoms with Crippen LogP contribution in [0.15, 0.2) is 29.0 Å². The van der Waals surface area contributed by atoms with Crippen LogP contribution in [-0.4, -0.2) is 22.9 Å². The Morgan fingerprint density at radius 1 is 1.44 bits per heavy atom. The van der Waals surface area contributed by atoms with Crippen LogP contribution in [0, 0.1) is 0 Å². The van der Waals surface area contributed by atoms with Crippen molar-refractivity contribution in [2.24, 2.45) is 0 Å². The summed E-state index contributed by atoms with van der Waals surface area (Å²) in [7, 11) is 1.54. The molecule has 0 saturated carbocycles. The molecule has 0 atom stereocenters. The van der Waals surface area contributed by atoms with Gasteiger partial charge in [-0.25, -0.2) is 9.97 Å². The van der Waals surface area contributed by atoms with Crippen molar-refractivity contribution in [1.29, 1.82) is 0 Å². The number of Topliss-reactive ketones (excluding diaryl/α,β-unsaturated/α-hetero) is 1. The van der Waals surface area contributed by atoms with Crippen molar-refractivity contribution >= 4 is 5.78 Å².